The van der Waals surface area contributed by atoms with E-state index < -0.39 is 0 Å². The van der Waals surface area contributed by atoms with Crippen molar-refractivity contribution in [2.24, 2.45) is 5.73 Å². The minimum atomic E-state index is 0.289. The first-order chi connectivity index (χ1) is 9.83. The Bertz CT molecular complexity index is 424. The molecule has 0 unspecified atom stereocenters. The molecule has 110 valence electrons. The van der Waals surface area contributed by atoms with Gasteiger partial charge < -0.3 is 20.1 Å². The Morgan fingerprint density at radius 1 is 1.05 bits per heavy atom. The Morgan fingerprint density at radius 2 is 1.75 bits per heavy atom. The van der Waals surface area contributed by atoms with E-state index in [9.17, 15) is 0 Å². The smallest absolute Gasteiger partial charge is 0.143 e. The summed E-state index contributed by atoms with van der Waals surface area (Å²) in [7, 11) is 0. The van der Waals surface area contributed by atoms with Crippen LogP contribution in [0.25, 0.3) is 0 Å². The number of rotatable bonds is 3. The molecule has 0 radical (unpaired) electrons. The summed E-state index contributed by atoms with van der Waals surface area (Å²) in [5.41, 5.74) is 7.20. The van der Waals surface area contributed by atoms with Crippen LogP contribution >= 0.6 is 0 Å². The summed E-state index contributed by atoms with van der Waals surface area (Å²) in [4.78, 5) is 2.40. The minimum absolute atomic E-state index is 0.289. The Labute approximate surface area is 120 Å². The fraction of sp³-hybridized carbons (Fsp3) is 0.625. The average molecular weight is 276 g/mol. The molecule has 2 fully saturated rings. The van der Waals surface area contributed by atoms with Gasteiger partial charge in [-0.1, -0.05) is 12.1 Å². The second-order valence-electron chi connectivity index (χ2n) is 5.72. The van der Waals surface area contributed by atoms with Gasteiger partial charge >= 0.3 is 0 Å². The number of para-hydroxylation sites is 2. The van der Waals surface area contributed by atoms with Crippen LogP contribution in [0.4, 0.5) is 5.69 Å². The molecule has 0 amide bonds. The van der Waals surface area contributed by atoms with Gasteiger partial charge in [-0.05, 0) is 25.0 Å². The maximum atomic E-state index is 6.21. The highest BCUT2D eigenvalue weighted by molar-refractivity contribution is 5.58. The van der Waals surface area contributed by atoms with Crippen LogP contribution < -0.4 is 15.4 Å². The molecule has 0 spiro atoms. The predicted octanol–water partition coefficient (Wildman–Crippen LogP) is 2.17. The molecule has 0 saturated carbocycles. The molecule has 3 rings (SSSR count). The number of hydrogen-bond acceptors (Lipinski definition) is 4. The van der Waals surface area contributed by atoms with E-state index in [1.54, 1.807) is 0 Å². The van der Waals surface area contributed by atoms with Crippen LogP contribution in [0.15, 0.2) is 24.3 Å². The maximum absolute atomic E-state index is 6.21. The molecule has 4 heteroatoms. The lowest BCUT2D eigenvalue weighted by atomic mass is 10.1. The lowest BCUT2D eigenvalue weighted by molar-refractivity contribution is 0.0257. The normalized spacial score (nSPS) is 21.9. The highest BCUT2D eigenvalue weighted by Gasteiger charge is 2.21. The fourth-order valence-corrected chi connectivity index (χ4v) is 2.93. The van der Waals surface area contributed by atoms with Crippen LogP contribution in [-0.2, 0) is 4.74 Å². The van der Waals surface area contributed by atoms with Crippen LogP contribution in [0.5, 0.6) is 5.75 Å². The summed E-state index contributed by atoms with van der Waals surface area (Å²) in [6.07, 6.45) is 4.38. The molecule has 0 atom stereocenters. The molecule has 0 aromatic heterocycles. The van der Waals surface area contributed by atoms with Crippen molar-refractivity contribution in [3.63, 3.8) is 0 Å². The van der Waals surface area contributed by atoms with Crippen LogP contribution in [0.1, 0.15) is 25.7 Å². The van der Waals surface area contributed by atoms with Crippen molar-refractivity contribution in [2.75, 3.05) is 31.2 Å². The molecule has 1 aromatic rings. The van der Waals surface area contributed by atoms with Crippen LogP contribution in [0, 0.1) is 0 Å². The summed E-state index contributed by atoms with van der Waals surface area (Å²) in [5.74, 6) is 1.01. The number of nitrogens with zero attached hydrogens (tertiary/aromatic N) is 1. The van der Waals surface area contributed by atoms with Crippen molar-refractivity contribution in [1.29, 1.82) is 0 Å². The van der Waals surface area contributed by atoms with Gasteiger partial charge in [0.2, 0.25) is 0 Å². The molecule has 2 heterocycles. The number of benzene rings is 1. The first-order valence-electron chi connectivity index (χ1n) is 7.67. The number of ether oxygens (including phenoxy) is 2. The van der Waals surface area contributed by atoms with Gasteiger partial charge in [0.05, 0.1) is 18.9 Å². The molecule has 4 nitrogen and oxygen atoms in total. The van der Waals surface area contributed by atoms with E-state index in [0.717, 1.165) is 57.7 Å². The molecule has 2 saturated heterocycles. The topological polar surface area (TPSA) is 47.7 Å². The van der Waals surface area contributed by atoms with E-state index in [1.165, 1.54) is 5.69 Å². The van der Waals surface area contributed by atoms with Gasteiger partial charge in [0.1, 0.15) is 11.9 Å². The molecule has 20 heavy (non-hydrogen) atoms. The zero-order valence-corrected chi connectivity index (χ0v) is 12.0. The van der Waals surface area contributed by atoms with Crippen molar-refractivity contribution in [1.82, 2.24) is 0 Å². The summed E-state index contributed by atoms with van der Waals surface area (Å²) in [6.45, 7) is 3.67. The van der Waals surface area contributed by atoms with E-state index in [-0.39, 0.29) is 6.10 Å². The molecular formula is C16H24N2O2. The van der Waals surface area contributed by atoms with Crippen LogP contribution in [0.2, 0.25) is 0 Å². The first kappa shape index (κ1) is 13.7. The average Bonchev–Trinajstić information content (AvgIpc) is 2.50. The van der Waals surface area contributed by atoms with Crippen molar-refractivity contribution in [3.8, 4) is 5.75 Å². The van der Waals surface area contributed by atoms with Gasteiger partial charge in [0.15, 0.2) is 0 Å². The Hall–Kier alpha value is -1.26. The highest BCUT2D eigenvalue weighted by atomic mass is 16.5. The van der Waals surface area contributed by atoms with E-state index in [4.69, 9.17) is 15.2 Å². The predicted molar refractivity (Wildman–Crippen MR) is 80.3 cm³/mol. The number of anilines is 1. The monoisotopic (exact) mass is 276 g/mol. The largest absolute Gasteiger partial charge is 0.488 e. The standard InChI is InChI=1S/C16H24N2O2/c17-13-5-9-18(10-6-13)15-3-1-2-4-16(15)20-14-7-11-19-12-8-14/h1-4,13-14H,5-12,17H2. The first-order valence-corrected chi connectivity index (χ1v) is 7.67. The molecule has 1 aromatic carbocycles. The Balaban J connectivity index is 1.70. The summed E-state index contributed by atoms with van der Waals surface area (Å²) in [5, 5.41) is 0. The van der Waals surface area contributed by atoms with Crippen LogP contribution in [-0.4, -0.2) is 38.4 Å². The van der Waals surface area contributed by atoms with Crippen LogP contribution in [0.3, 0.4) is 0 Å². The molecule has 0 bridgehead atoms. The minimum Gasteiger partial charge on any atom is -0.488 e. The van der Waals surface area contributed by atoms with E-state index >= 15 is 0 Å². The zero-order chi connectivity index (χ0) is 13.8. The third kappa shape index (κ3) is 3.25. The van der Waals surface area contributed by atoms with Gasteiger partial charge in [-0.2, -0.15) is 0 Å². The molecular weight excluding hydrogens is 252 g/mol. The van der Waals surface area contributed by atoms with Crippen molar-refractivity contribution in [2.45, 2.75) is 37.8 Å². The second kappa shape index (κ2) is 6.46. The third-order valence-corrected chi connectivity index (χ3v) is 4.21. The van der Waals surface area contributed by atoms with E-state index in [0.29, 0.717) is 6.04 Å². The van der Waals surface area contributed by atoms with Gasteiger partial charge in [-0.25, -0.2) is 0 Å². The maximum Gasteiger partial charge on any atom is 0.143 e. The zero-order valence-electron chi connectivity index (χ0n) is 12.0. The highest BCUT2D eigenvalue weighted by Crippen LogP contribution is 2.31. The Kier molecular flexibility index (Phi) is 4.43. The van der Waals surface area contributed by atoms with Gasteiger partial charge in [0.25, 0.3) is 0 Å². The molecule has 2 aliphatic heterocycles. The van der Waals surface area contributed by atoms with E-state index in [1.807, 2.05) is 6.07 Å². The lowest BCUT2D eigenvalue weighted by Gasteiger charge is -2.34. The van der Waals surface area contributed by atoms with Gasteiger partial charge in [-0.15, -0.1) is 0 Å². The molecule has 0 aliphatic carbocycles. The third-order valence-electron chi connectivity index (χ3n) is 4.21. The second-order valence-corrected chi connectivity index (χ2v) is 5.72. The summed E-state index contributed by atoms with van der Waals surface area (Å²) >= 11 is 0. The number of piperidine rings is 1. The van der Waals surface area contributed by atoms with Crippen molar-refractivity contribution in [3.05, 3.63) is 24.3 Å². The van der Waals surface area contributed by atoms with E-state index in [2.05, 4.69) is 23.1 Å². The van der Waals surface area contributed by atoms with Gasteiger partial charge in [0, 0.05) is 32.0 Å². The van der Waals surface area contributed by atoms with Gasteiger partial charge in [-0.3, -0.25) is 0 Å². The number of hydrogen-bond donors (Lipinski definition) is 1. The SMILES string of the molecule is NC1CCN(c2ccccc2OC2CCOCC2)CC1. The molecule has 2 aliphatic rings. The van der Waals surface area contributed by atoms with Crippen molar-refractivity contribution < 1.29 is 9.47 Å². The fourth-order valence-electron chi connectivity index (χ4n) is 2.93. The van der Waals surface area contributed by atoms with Crippen molar-refractivity contribution >= 4 is 5.69 Å². The molecule has 2 N–H and O–H groups in total. The summed E-state index contributed by atoms with van der Waals surface area (Å²) < 4.78 is 11.6. The Morgan fingerprint density at radius 3 is 2.50 bits per heavy atom. The summed E-state index contributed by atoms with van der Waals surface area (Å²) in [6, 6.07) is 8.73. The number of nitrogens with two attached hydrogens (primary N) is 1. The lowest BCUT2D eigenvalue weighted by Crippen LogP contribution is -2.40. The quantitative estimate of drug-likeness (QED) is 0.919.